The van der Waals surface area contributed by atoms with Gasteiger partial charge in [0.2, 0.25) is 0 Å². The lowest BCUT2D eigenvalue weighted by atomic mass is 9.92. The van der Waals surface area contributed by atoms with Gasteiger partial charge in [0.25, 0.3) is 0 Å². The number of hydrogen-bond donors (Lipinski definition) is 0. The van der Waals surface area contributed by atoms with E-state index in [4.69, 9.17) is 14.2 Å². The van der Waals surface area contributed by atoms with E-state index < -0.39 is 0 Å². The van der Waals surface area contributed by atoms with Crippen molar-refractivity contribution in [1.29, 1.82) is 0 Å². The summed E-state index contributed by atoms with van der Waals surface area (Å²) in [6.07, 6.45) is 35.5. The average molecular weight is 766 g/mol. The van der Waals surface area contributed by atoms with Gasteiger partial charge in [-0.3, -0.25) is 19.3 Å². The molecule has 0 bridgehead atoms. The lowest BCUT2D eigenvalue weighted by Crippen LogP contribution is -2.27. The molecule has 7 heteroatoms. The van der Waals surface area contributed by atoms with Gasteiger partial charge in [-0.05, 0) is 77.3 Å². The van der Waals surface area contributed by atoms with Gasteiger partial charge in [0, 0.05) is 12.8 Å². The zero-order chi connectivity index (χ0) is 39.9. The first kappa shape index (κ1) is 52.4. The van der Waals surface area contributed by atoms with Gasteiger partial charge in [-0.25, -0.2) is 0 Å². The fourth-order valence-electron chi connectivity index (χ4n) is 7.51. The van der Waals surface area contributed by atoms with Crippen molar-refractivity contribution >= 4 is 17.9 Å². The summed E-state index contributed by atoms with van der Waals surface area (Å²) in [4.78, 5) is 39.0. The van der Waals surface area contributed by atoms with Crippen LogP contribution in [-0.2, 0) is 28.6 Å². The number of ether oxygens (including phenoxy) is 3. The molecule has 54 heavy (non-hydrogen) atoms. The Morgan fingerprint density at radius 1 is 0.407 bits per heavy atom. The Morgan fingerprint density at radius 2 is 0.741 bits per heavy atom. The summed E-state index contributed by atoms with van der Waals surface area (Å²) in [5.41, 5.74) is 0. The van der Waals surface area contributed by atoms with Gasteiger partial charge in [-0.15, -0.1) is 0 Å². The highest BCUT2D eigenvalue weighted by Crippen LogP contribution is 2.23. The van der Waals surface area contributed by atoms with Crippen molar-refractivity contribution < 1.29 is 28.6 Å². The highest BCUT2D eigenvalue weighted by molar-refractivity contribution is 5.71. The van der Waals surface area contributed by atoms with Crippen LogP contribution in [0.2, 0.25) is 0 Å². The maximum Gasteiger partial charge on any atom is 0.320 e. The van der Waals surface area contributed by atoms with Gasteiger partial charge in [-0.1, -0.05) is 169 Å². The number of carbonyl (C=O) groups excluding carboxylic acids is 3. The van der Waals surface area contributed by atoms with E-state index in [1.54, 1.807) is 0 Å². The standard InChI is InChI=1S/C47H91NO6/c1-7-11-21-29-42(30-22-12-8-2)37-39-52-45(49)35-27-18-16-15-17-25-33-44(54-47(51)41-48(5)6)34-26-19-20-28-36-46(50)53-40-38-43(31-23-13-9-3)32-24-14-10-4/h42-44H,7-41H2,1-6H3. The SMILES string of the molecule is CCCCCC(CCCCC)CCOC(=O)CCCCCCCCC(CCCCCCC(=O)OCCC(CCCCC)CCCCC)OC(=O)CN(C)C. The van der Waals surface area contributed by atoms with Crippen molar-refractivity contribution in [3.8, 4) is 0 Å². The molecule has 0 aliphatic heterocycles. The van der Waals surface area contributed by atoms with Crippen molar-refractivity contribution in [2.45, 2.75) is 239 Å². The van der Waals surface area contributed by atoms with Crippen LogP contribution in [0.5, 0.6) is 0 Å². The summed E-state index contributed by atoms with van der Waals surface area (Å²) in [6, 6.07) is 0. The minimum Gasteiger partial charge on any atom is -0.466 e. The molecule has 0 heterocycles. The highest BCUT2D eigenvalue weighted by Gasteiger charge is 2.16. The van der Waals surface area contributed by atoms with E-state index in [9.17, 15) is 14.4 Å². The lowest BCUT2D eigenvalue weighted by molar-refractivity contribution is -0.150. The summed E-state index contributed by atoms with van der Waals surface area (Å²) in [5, 5.41) is 0. The molecule has 0 amide bonds. The fraction of sp³-hybridized carbons (Fsp3) is 0.936. The second-order valence-electron chi connectivity index (χ2n) is 16.7. The second kappa shape index (κ2) is 39.6. The van der Waals surface area contributed by atoms with Crippen LogP contribution in [0.3, 0.4) is 0 Å². The maximum atomic E-state index is 12.4. The quantitative estimate of drug-likeness (QED) is 0.0348. The van der Waals surface area contributed by atoms with Crippen molar-refractivity contribution in [3.05, 3.63) is 0 Å². The molecule has 0 rings (SSSR count). The molecule has 0 saturated heterocycles. The van der Waals surface area contributed by atoms with Gasteiger partial charge >= 0.3 is 17.9 Å². The summed E-state index contributed by atoms with van der Waals surface area (Å²) in [7, 11) is 3.78. The van der Waals surface area contributed by atoms with E-state index >= 15 is 0 Å². The van der Waals surface area contributed by atoms with E-state index in [2.05, 4.69) is 27.7 Å². The fourth-order valence-corrected chi connectivity index (χ4v) is 7.51. The molecule has 0 N–H and O–H groups in total. The molecule has 0 aliphatic rings. The molecular formula is C47H91NO6. The molecular weight excluding hydrogens is 675 g/mol. The molecule has 7 nitrogen and oxygen atoms in total. The number of unbranched alkanes of at least 4 members (excludes halogenated alkanes) is 16. The molecule has 0 aromatic carbocycles. The lowest BCUT2D eigenvalue weighted by Gasteiger charge is -2.19. The number of nitrogens with zero attached hydrogens (tertiary/aromatic N) is 1. The summed E-state index contributed by atoms with van der Waals surface area (Å²) < 4.78 is 17.1. The molecule has 0 aromatic rings. The Bertz CT molecular complexity index is 828. The van der Waals surface area contributed by atoms with Crippen molar-refractivity contribution in [1.82, 2.24) is 4.90 Å². The van der Waals surface area contributed by atoms with E-state index in [-0.39, 0.29) is 24.0 Å². The molecule has 320 valence electrons. The molecule has 0 aliphatic carbocycles. The number of hydrogen-bond acceptors (Lipinski definition) is 7. The predicted octanol–water partition coefficient (Wildman–Crippen LogP) is 13.3. The van der Waals surface area contributed by atoms with Crippen LogP contribution in [0.25, 0.3) is 0 Å². The Hall–Kier alpha value is -1.63. The van der Waals surface area contributed by atoms with Crippen LogP contribution in [0.4, 0.5) is 0 Å². The number of rotatable bonds is 41. The Balaban J connectivity index is 4.23. The largest absolute Gasteiger partial charge is 0.466 e. The molecule has 0 radical (unpaired) electrons. The predicted molar refractivity (Wildman–Crippen MR) is 228 cm³/mol. The summed E-state index contributed by atoms with van der Waals surface area (Å²) >= 11 is 0. The van der Waals surface area contributed by atoms with Gasteiger partial charge in [0.15, 0.2) is 0 Å². The smallest absolute Gasteiger partial charge is 0.320 e. The van der Waals surface area contributed by atoms with E-state index in [1.807, 2.05) is 19.0 Å². The second-order valence-corrected chi connectivity index (χ2v) is 16.7. The zero-order valence-electron chi connectivity index (χ0n) is 36.9. The zero-order valence-corrected chi connectivity index (χ0v) is 36.9. The monoisotopic (exact) mass is 766 g/mol. The van der Waals surface area contributed by atoms with Gasteiger partial charge in [-0.2, -0.15) is 0 Å². The van der Waals surface area contributed by atoms with Crippen LogP contribution in [0.15, 0.2) is 0 Å². The maximum absolute atomic E-state index is 12.4. The number of carbonyl (C=O) groups is 3. The third-order valence-corrected chi connectivity index (χ3v) is 11.0. The van der Waals surface area contributed by atoms with Crippen LogP contribution < -0.4 is 0 Å². The first-order valence-corrected chi connectivity index (χ1v) is 23.4. The molecule has 0 spiro atoms. The van der Waals surface area contributed by atoms with Gasteiger partial charge < -0.3 is 14.2 Å². The molecule has 0 aromatic heterocycles. The van der Waals surface area contributed by atoms with E-state index in [0.717, 1.165) is 89.9 Å². The topological polar surface area (TPSA) is 82.1 Å². The Morgan fingerprint density at radius 3 is 1.09 bits per heavy atom. The number of esters is 3. The number of likely N-dealkylation sites (N-methyl/N-ethyl adjacent to an activating group) is 1. The van der Waals surface area contributed by atoms with E-state index in [1.165, 1.54) is 103 Å². The summed E-state index contributed by atoms with van der Waals surface area (Å²) in [5.74, 6) is 1.14. The van der Waals surface area contributed by atoms with Crippen LogP contribution in [0, 0.1) is 11.8 Å². The van der Waals surface area contributed by atoms with Gasteiger partial charge in [0.05, 0.1) is 19.8 Å². The van der Waals surface area contributed by atoms with E-state index in [0.29, 0.717) is 44.4 Å². The van der Waals surface area contributed by atoms with Crippen LogP contribution in [0.1, 0.15) is 233 Å². The van der Waals surface area contributed by atoms with Crippen LogP contribution >= 0.6 is 0 Å². The molecule has 1 unspecified atom stereocenters. The van der Waals surface area contributed by atoms with Crippen molar-refractivity contribution in [2.24, 2.45) is 11.8 Å². The Kier molecular flexibility index (Phi) is 38.4. The first-order valence-electron chi connectivity index (χ1n) is 23.4. The third kappa shape index (κ3) is 36.0. The summed E-state index contributed by atoms with van der Waals surface area (Å²) in [6.45, 7) is 10.5. The highest BCUT2D eigenvalue weighted by atomic mass is 16.5. The minimum absolute atomic E-state index is 0.0344. The third-order valence-electron chi connectivity index (χ3n) is 11.0. The average Bonchev–Trinajstić information content (AvgIpc) is 3.13. The Labute approximate surface area is 335 Å². The van der Waals surface area contributed by atoms with Crippen LogP contribution in [-0.4, -0.2) is 62.8 Å². The molecule has 0 saturated carbocycles. The first-order chi connectivity index (χ1) is 26.2. The molecule has 1 atom stereocenters. The van der Waals surface area contributed by atoms with Crippen molar-refractivity contribution in [3.63, 3.8) is 0 Å². The normalized spacial score (nSPS) is 12.2. The van der Waals surface area contributed by atoms with Crippen molar-refractivity contribution in [2.75, 3.05) is 33.9 Å². The van der Waals surface area contributed by atoms with Gasteiger partial charge in [0.1, 0.15) is 6.10 Å². The minimum atomic E-state index is -0.152. The molecule has 0 fully saturated rings.